The van der Waals surface area contributed by atoms with Crippen LogP contribution in [-0.4, -0.2) is 27.6 Å². The molecular formula is C19H14Cl2N2O4S. The number of ether oxygens (including phenoxy) is 1. The number of hydrogen-bond donors (Lipinski definition) is 1. The van der Waals surface area contributed by atoms with E-state index in [1.54, 1.807) is 24.3 Å². The van der Waals surface area contributed by atoms with Gasteiger partial charge in [0.2, 0.25) is 0 Å². The quantitative estimate of drug-likeness (QED) is 0.609. The predicted molar refractivity (Wildman–Crippen MR) is 109 cm³/mol. The number of fused-ring (bicyclic) bond motifs is 2. The number of para-hydroxylation sites is 1. The molecule has 4 rings (SSSR count). The third kappa shape index (κ3) is 2.90. The molecule has 9 heteroatoms. The Kier molecular flexibility index (Phi) is 4.49. The maximum absolute atomic E-state index is 13.4. The highest BCUT2D eigenvalue weighted by atomic mass is 35.5. The first-order valence-corrected chi connectivity index (χ1v) is 9.88. The van der Waals surface area contributed by atoms with Gasteiger partial charge < -0.3 is 9.84 Å². The van der Waals surface area contributed by atoms with E-state index >= 15 is 0 Å². The Bertz CT molecular complexity index is 1150. The Morgan fingerprint density at radius 3 is 2.79 bits per heavy atom. The molecule has 1 aromatic heterocycles. The summed E-state index contributed by atoms with van der Waals surface area (Å²) in [6.45, 7) is 3.32. The maximum Gasteiger partial charge on any atom is 0.307 e. The van der Waals surface area contributed by atoms with Crippen molar-refractivity contribution < 1.29 is 19.4 Å². The van der Waals surface area contributed by atoms with Gasteiger partial charge >= 0.3 is 5.97 Å². The highest BCUT2D eigenvalue weighted by molar-refractivity contribution is 7.23. The van der Waals surface area contributed by atoms with Crippen molar-refractivity contribution in [1.29, 1.82) is 0 Å². The second-order valence-electron chi connectivity index (χ2n) is 6.67. The van der Waals surface area contributed by atoms with E-state index in [9.17, 15) is 14.7 Å². The Balaban J connectivity index is 1.95. The number of benzene rings is 2. The van der Waals surface area contributed by atoms with Gasteiger partial charge in [0.05, 0.1) is 32.4 Å². The molecule has 0 saturated carbocycles. The van der Waals surface area contributed by atoms with E-state index in [0.29, 0.717) is 36.8 Å². The van der Waals surface area contributed by atoms with Crippen LogP contribution in [0.4, 0.5) is 10.8 Å². The van der Waals surface area contributed by atoms with E-state index in [1.807, 2.05) is 13.0 Å². The zero-order chi connectivity index (χ0) is 20.2. The minimum absolute atomic E-state index is 0.363. The summed E-state index contributed by atoms with van der Waals surface area (Å²) >= 11 is 13.6. The Morgan fingerprint density at radius 2 is 2.07 bits per heavy atom. The molecule has 0 fully saturated rings. The van der Waals surface area contributed by atoms with E-state index in [4.69, 9.17) is 27.9 Å². The number of amides is 1. The van der Waals surface area contributed by atoms with Gasteiger partial charge in [-0.05, 0) is 37.6 Å². The number of aryl methyl sites for hydroxylation is 1. The molecule has 1 atom stereocenters. The van der Waals surface area contributed by atoms with E-state index < -0.39 is 23.9 Å². The van der Waals surface area contributed by atoms with Gasteiger partial charge in [-0.25, -0.2) is 9.88 Å². The zero-order valence-electron chi connectivity index (χ0n) is 14.8. The number of anilines is 2. The molecule has 6 nitrogen and oxygen atoms in total. The number of carbonyl (C=O) groups is 2. The van der Waals surface area contributed by atoms with Gasteiger partial charge in [-0.2, -0.15) is 0 Å². The first-order valence-electron chi connectivity index (χ1n) is 8.31. The van der Waals surface area contributed by atoms with Gasteiger partial charge in [0.25, 0.3) is 5.91 Å². The molecule has 0 aliphatic carbocycles. The number of aromatic nitrogens is 1. The van der Waals surface area contributed by atoms with E-state index in [1.165, 1.54) is 23.2 Å². The Hall–Kier alpha value is -2.35. The summed E-state index contributed by atoms with van der Waals surface area (Å²) < 4.78 is 6.50. The van der Waals surface area contributed by atoms with E-state index in [0.717, 1.165) is 5.56 Å². The van der Waals surface area contributed by atoms with Crippen LogP contribution < -0.4 is 9.64 Å². The lowest BCUT2D eigenvalue weighted by Gasteiger charge is -2.39. The molecule has 1 N–H and O–H groups in total. The summed E-state index contributed by atoms with van der Waals surface area (Å²) in [6, 6.07) is 8.71. The number of thiazole rings is 1. The first-order chi connectivity index (χ1) is 13.2. The van der Waals surface area contributed by atoms with Crippen LogP contribution in [0, 0.1) is 6.92 Å². The van der Waals surface area contributed by atoms with Gasteiger partial charge in [-0.1, -0.05) is 46.7 Å². The Morgan fingerprint density at radius 1 is 1.32 bits per heavy atom. The number of nitrogens with zero attached hydrogens (tertiary/aromatic N) is 2. The van der Waals surface area contributed by atoms with Crippen LogP contribution in [0.25, 0.3) is 10.2 Å². The molecule has 3 aromatic rings. The fourth-order valence-electron chi connectivity index (χ4n) is 3.23. The molecule has 2 aromatic carbocycles. The average molecular weight is 437 g/mol. The van der Waals surface area contributed by atoms with Crippen molar-refractivity contribution in [2.45, 2.75) is 25.9 Å². The SMILES string of the molecule is Cc1cccc2c1N(c1nc3ccc(Cl)c(Cl)c3s1)C(=O)C(C)(CC(=O)O)O2. The Labute approximate surface area is 174 Å². The number of aliphatic carboxylic acids is 1. The molecule has 1 amide bonds. The van der Waals surface area contributed by atoms with Gasteiger partial charge in [0, 0.05) is 0 Å². The summed E-state index contributed by atoms with van der Waals surface area (Å²) in [7, 11) is 0. The molecule has 2 heterocycles. The summed E-state index contributed by atoms with van der Waals surface area (Å²) in [5.41, 5.74) is 0.373. The highest BCUT2D eigenvalue weighted by Gasteiger charge is 2.48. The van der Waals surface area contributed by atoms with Crippen LogP contribution in [0.15, 0.2) is 30.3 Å². The maximum atomic E-state index is 13.4. The third-order valence-corrected chi connectivity index (χ3v) is 6.52. The fourth-order valence-corrected chi connectivity index (χ4v) is 4.73. The molecule has 1 aliphatic rings. The smallest absolute Gasteiger partial charge is 0.307 e. The van der Waals surface area contributed by atoms with Gasteiger partial charge in [-0.3, -0.25) is 9.59 Å². The van der Waals surface area contributed by atoms with E-state index in [2.05, 4.69) is 4.98 Å². The monoisotopic (exact) mass is 436 g/mol. The highest BCUT2D eigenvalue weighted by Crippen LogP contribution is 2.47. The van der Waals surface area contributed by atoms with Crippen LogP contribution >= 0.6 is 34.5 Å². The molecule has 0 spiro atoms. The molecule has 1 aliphatic heterocycles. The minimum atomic E-state index is -1.56. The van der Waals surface area contributed by atoms with Crippen molar-refractivity contribution in [3.8, 4) is 5.75 Å². The summed E-state index contributed by atoms with van der Waals surface area (Å²) in [6.07, 6.45) is -0.479. The zero-order valence-corrected chi connectivity index (χ0v) is 17.2. The molecular weight excluding hydrogens is 423 g/mol. The topological polar surface area (TPSA) is 79.7 Å². The molecule has 0 radical (unpaired) electrons. The first kappa shape index (κ1) is 19.0. The second-order valence-corrected chi connectivity index (χ2v) is 8.43. The van der Waals surface area contributed by atoms with Crippen LogP contribution in [0.3, 0.4) is 0 Å². The number of halogens is 2. The van der Waals surface area contributed by atoms with Crippen molar-refractivity contribution >= 4 is 67.5 Å². The molecule has 144 valence electrons. The van der Waals surface area contributed by atoms with Crippen molar-refractivity contribution in [1.82, 2.24) is 4.98 Å². The second kappa shape index (κ2) is 6.62. The van der Waals surface area contributed by atoms with Crippen molar-refractivity contribution in [2.24, 2.45) is 0 Å². The summed E-state index contributed by atoms with van der Waals surface area (Å²) in [5, 5.41) is 10.4. The molecule has 0 saturated heterocycles. The van der Waals surface area contributed by atoms with Crippen molar-refractivity contribution in [3.05, 3.63) is 45.9 Å². The fraction of sp³-hybridized carbons (Fsp3) is 0.211. The van der Waals surface area contributed by atoms with Crippen molar-refractivity contribution in [3.63, 3.8) is 0 Å². The van der Waals surface area contributed by atoms with Gasteiger partial charge in [0.1, 0.15) is 5.75 Å². The number of carbonyl (C=O) groups excluding carboxylic acids is 1. The lowest BCUT2D eigenvalue weighted by molar-refractivity contribution is -0.148. The summed E-state index contributed by atoms with van der Waals surface area (Å²) in [4.78, 5) is 30.7. The van der Waals surface area contributed by atoms with Crippen molar-refractivity contribution in [2.75, 3.05) is 4.90 Å². The van der Waals surface area contributed by atoms with Crippen LogP contribution in [0.1, 0.15) is 18.9 Å². The predicted octanol–water partition coefficient (Wildman–Crippen LogP) is 5.20. The number of carboxylic acid groups (broad SMARTS) is 1. The van der Waals surface area contributed by atoms with Crippen LogP contribution in [0.2, 0.25) is 10.0 Å². The number of hydrogen-bond acceptors (Lipinski definition) is 5. The average Bonchev–Trinajstić information content (AvgIpc) is 3.04. The lowest BCUT2D eigenvalue weighted by atomic mass is 9.96. The summed E-state index contributed by atoms with van der Waals surface area (Å²) in [5.74, 6) is -1.21. The van der Waals surface area contributed by atoms with E-state index in [-0.39, 0.29) is 0 Å². The number of rotatable bonds is 3. The normalized spacial score (nSPS) is 18.9. The van der Waals surface area contributed by atoms with Crippen LogP contribution in [-0.2, 0) is 9.59 Å². The largest absolute Gasteiger partial charge is 0.481 e. The number of carboxylic acids is 1. The lowest BCUT2D eigenvalue weighted by Crippen LogP contribution is -2.54. The van der Waals surface area contributed by atoms with Crippen LogP contribution in [0.5, 0.6) is 5.75 Å². The minimum Gasteiger partial charge on any atom is -0.481 e. The molecule has 1 unspecified atom stereocenters. The van der Waals surface area contributed by atoms with Gasteiger partial charge in [-0.15, -0.1) is 0 Å². The standard InChI is InChI=1S/C19H14Cl2N2O4S/c1-9-4-3-5-12-15(9)23(17(26)19(2,27-12)8-13(24)25)18-22-11-7-6-10(20)14(21)16(11)28-18/h3-7H,8H2,1-2H3,(H,24,25). The molecule has 0 bridgehead atoms. The third-order valence-electron chi connectivity index (χ3n) is 4.53. The molecule has 28 heavy (non-hydrogen) atoms. The van der Waals surface area contributed by atoms with Gasteiger partial charge in [0.15, 0.2) is 10.7 Å².